The van der Waals surface area contributed by atoms with Gasteiger partial charge in [-0.1, -0.05) is 50.6 Å². The van der Waals surface area contributed by atoms with Gasteiger partial charge in [-0.15, -0.1) is 0 Å². The molecule has 6 nitrogen and oxygen atoms in total. The maximum atomic E-state index is 14.2. The van der Waals surface area contributed by atoms with Gasteiger partial charge < -0.3 is 15.4 Å². The molecule has 7 heteroatoms. The van der Waals surface area contributed by atoms with Crippen LogP contribution in [-0.2, 0) is 11.3 Å². The molecule has 2 aliphatic rings. The number of hydrogen-bond donors (Lipinski definition) is 2. The molecule has 0 bridgehead atoms. The van der Waals surface area contributed by atoms with Gasteiger partial charge in [0.05, 0.1) is 17.0 Å². The Morgan fingerprint density at radius 1 is 1.03 bits per heavy atom. The standard InChI is InChI=1S/C29H38FN3O3/c1-21(2)25-20-36-26-12-6-4-10-23(26)27(34)31-16-8-7-13-29(28(35)32-25)14-17-33(18-15-29)19-22-9-3-5-11-24(22)30/h3-6,9-12,21,25H,7-8,13-20H2,1-2H3,(H,31,34)(H,32,35)/t25-/m1/s1. The van der Waals surface area contributed by atoms with E-state index in [4.69, 9.17) is 4.74 Å². The lowest BCUT2D eigenvalue weighted by atomic mass is 9.73. The van der Waals surface area contributed by atoms with Crippen LogP contribution in [0, 0.1) is 17.2 Å². The Labute approximate surface area is 213 Å². The van der Waals surface area contributed by atoms with Crippen molar-refractivity contribution in [2.45, 2.75) is 58.5 Å². The van der Waals surface area contributed by atoms with Crippen LogP contribution in [0.25, 0.3) is 0 Å². The van der Waals surface area contributed by atoms with Gasteiger partial charge in [0.1, 0.15) is 18.2 Å². The molecule has 0 saturated carbocycles. The zero-order chi connectivity index (χ0) is 25.5. The Kier molecular flexibility index (Phi) is 8.62. The van der Waals surface area contributed by atoms with Gasteiger partial charge in [0.25, 0.3) is 5.91 Å². The minimum absolute atomic E-state index is 0.0877. The third-order valence-corrected chi connectivity index (χ3v) is 7.69. The molecule has 2 aromatic rings. The van der Waals surface area contributed by atoms with Crippen LogP contribution in [0.15, 0.2) is 48.5 Å². The summed E-state index contributed by atoms with van der Waals surface area (Å²) in [5, 5.41) is 6.31. The van der Waals surface area contributed by atoms with E-state index >= 15 is 0 Å². The Hall–Kier alpha value is -2.93. The highest BCUT2D eigenvalue weighted by atomic mass is 19.1. The summed E-state index contributed by atoms with van der Waals surface area (Å²) in [5.41, 5.74) is 0.740. The lowest BCUT2D eigenvalue weighted by molar-refractivity contribution is -0.136. The molecule has 36 heavy (non-hydrogen) atoms. The van der Waals surface area contributed by atoms with Crippen molar-refractivity contribution >= 4 is 11.8 Å². The number of benzene rings is 2. The van der Waals surface area contributed by atoms with E-state index in [2.05, 4.69) is 29.4 Å². The van der Waals surface area contributed by atoms with Gasteiger partial charge in [0.15, 0.2) is 0 Å². The largest absolute Gasteiger partial charge is 0.491 e. The summed E-state index contributed by atoms with van der Waals surface area (Å²) in [4.78, 5) is 28.8. The van der Waals surface area contributed by atoms with Crippen LogP contribution in [0.4, 0.5) is 4.39 Å². The first-order valence-corrected chi connectivity index (χ1v) is 13.1. The SMILES string of the molecule is CC(C)[C@H]1COc2ccccc2C(=O)NCCCCC2(CCN(Cc3ccccc3F)CC2)C(=O)N1. The molecular weight excluding hydrogens is 457 g/mol. The third kappa shape index (κ3) is 6.25. The van der Waals surface area contributed by atoms with E-state index in [1.807, 2.05) is 24.3 Å². The Morgan fingerprint density at radius 2 is 1.75 bits per heavy atom. The number of ether oxygens (including phenoxy) is 1. The fraction of sp³-hybridized carbons (Fsp3) is 0.517. The second kappa shape index (κ2) is 11.9. The van der Waals surface area contributed by atoms with Crippen molar-refractivity contribution in [3.8, 4) is 5.75 Å². The van der Waals surface area contributed by atoms with Crippen LogP contribution in [0.3, 0.4) is 0 Å². The summed E-state index contributed by atoms with van der Waals surface area (Å²) in [6.07, 6.45) is 3.88. The van der Waals surface area contributed by atoms with E-state index in [1.54, 1.807) is 18.2 Å². The van der Waals surface area contributed by atoms with Crippen LogP contribution < -0.4 is 15.4 Å². The Balaban J connectivity index is 1.49. The van der Waals surface area contributed by atoms with E-state index in [0.717, 1.165) is 45.2 Å². The smallest absolute Gasteiger partial charge is 0.255 e. The first-order valence-electron chi connectivity index (χ1n) is 13.1. The number of hydrogen-bond acceptors (Lipinski definition) is 4. The summed E-state index contributed by atoms with van der Waals surface area (Å²) in [5.74, 6) is 0.467. The first-order chi connectivity index (χ1) is 17.4. The number of amides is 2. The first kappa shape index (κ1) is 26.1. The highest BCUT2D eigenvalue weighted by Crippen LogP contribution is 2.38. The van der Waals surface area contributed by atoms with E-state index < -0.39 is 5.41 Å². The Bertz CT molecular complexity index is 1050. The number of fused-ring (bicyclic) bond motifs is 1. The molecule has 4 rings (SSSR count). The number of halogens is 1. The monoisotopic (exact) mass is 495 g/mol. The predicted octanol–water partition coefficient (Wildman–Crippen LogP) is 4.54. The number of piperidine rings is 1. The molecule has 194 valence electrons. The molecule has 0 aromatic heterocycles. The zero-order valence-corrected chi connectivity index (χ0v) is 21.4. The fourth-order valence-corrected chi connectivity index (χ4v) is 5.16. The molecule has 2 amide bonds. The minimum Gasteiger partial charge on any atom is -0.491 e. The van der Waals surface area contributed by atoms with Gasteiger partial charge in [-0.3, -0.25) is 14.5 Å². The van der Waals surface area contributed by atoms with Crippen molar-refractivity contribution in [2.75, 3.05) is 26.2 Å². The van der Waals surface area contributed by atoms with Crippen molar-refractivity contribution in [3.05, 3.63) is 65.5 Å². The van der Waals surface area contributed by atoms with E-state index in [0.29, 0.717) is 36.6 Å². The van der Waals surface area contributed by atoms with Crippen LogP contribution in [-0.4, -0.2) is 49.0 Å². The third-order valence-electron chi connectivity index (χ3n) is 7.69. The molecule has 1 spiro atoms. The molecule has 1 fully saturated rings. The molecule has 2 aliphatic heterocycles. The number of nitrogens with one attached hydrogen (secondary N) is 2. The highest BCUT2D eigenvalue weighted by Gasteiger charge is 2.42. The number of rotatable bonds is 3. The summed E-state index contributed by atoms with van der Waals surface area (Å²) in [6, 6.07) is 14.0. The summed E-state index contributed by atoms with van der Waals surface area (Å²) in [6.45, 7) is 7.03. The summed E-state index contributed by atoms with van der Waals surface area (Å²) < 4.78 is 20.3. The van der Waals surface area contributed by atoms with Crippen LogP contribution in [0.1, 0.15) is 61.9 Å². The number of carbonyl (C=O) groups excluding carboxylic acids is 2. The second-order valence-electron chi connectivity index (χ2n) is 10.5. The number of carbonyl (C=O) groups is 2. The van der Waals surface area contributed by atoms with Gasteiger partial charge in [-0.05, 0) is 62.9 Å². The second-order valence-corrected chi connectivity index (χ2v) is 10.5. The predicted molar refractivity (Wildman–Crippen MR) is 138 cm³/mol. The molecule has 2 N–H and O–H groups in total. The molecule has 2 aromatic carbocycles. The van der Waals surface area contributed by atoms with Gasteiger partial charge >= 0.3 is 0 Å². The van der Waals surface area contributed by atoms with Crippen molar-refractivity contribution in [2.24, 2.45) is 11.3 Å². The molecule has 0 aliphatic carbocycles. The van der Waals surface area contributed by atoms with E-state index in [1.165, 1.54) is 6.07 Å². The van der Waals surface area contributed by atoms with Crippen molar-refractivity contribution < 1.29 is 18.7 Å². The lowest BCUT2D eigenvalue weighted by Crippen LogP contribution is -2.53. The molecule has 0 radical (unpaired) electrons. The molecular formula is C29H38FN3O3. The normalized spacial score (nSPS) is 21.7. The minimum atomic E-state index is -0.467. The van der Waals surface area contributed by atoms with E-state index in [-0.39, 0.29) is 29.6 Å². The van der Waals surface area contributed by atoms with Crippen molar-refractivity contribution in [1.82, 2.24) is 15.5 Å². The average molecular weight is 496 g/mol. The van der Waals surface area contributed by atoms with Crippen LogP contribution >= 0.6 is 0 Å². The topological polar surface area (TPSA) is 70.7 Å². The van der Waals surface area contributed by atoms with Crippen molar-refractivity contribution in [1.29, 1.82) is 0 Å². The molecule has 0 unspecified atom stereocenters. The lowest BCUT2D eigenvalue weighted by Gasteiger charge is -2.42. The number of nitrogens with zero attached hydrogens (tertiary/aromatic N) is 1. The fourth-order valence-electron chi connectivity index (χ4n) is 5.16. The van der Waals surface area contributed by atoms with E-state index in [9.17, 15) is 14.0 Å². The van der Waals surface area contributed by atoms with Crippen molar-refractivity contribution in [3.63, 3.8) is 0 Å². The average Bonchev–Trinajstić information content (AvgIpc) is 2.88. The maximum Gasteiger partial charge on any atom is 0.255 e. The quantitative estimate of drug-likeness (QED) is 0.656. The van der Waals surface area contributed by atoms with Gasteiger partial charge in [0, 0.05) is 18.7 Å². The van der Waals surface area contributed by atoms with Crippen LogP contribution in [0.2, 0.25) is 0 Å². The Morgan fingerprint density at radius 3 is 2.50 bits per heavy atom. The molecule has 2 heterocycles. The van der Waals surface area contributed by atoms with Gasteiger partial charge in [-0.25, -0.2) is 4.39 Å². The van der Waals surface area contributed by atoms with Crippen LogP contribution in [0.5, 0.6) is 5.75 Å². The van der Waals surface area contributed by atoms with Gasteiger partial charge in [-0.2, -0.15) is 0 Å². The zero-order valence-electron chi connectivity index (χ0n) is 21.4. The molecule has 1 atom stereocenters. The highest BCUT2D eigenvalue weighted by molar-refractivity contribution is 5.96. The summed E-state index contributed by atoms with van der Waals surface area (Å²) >= 11 is 0. The molecule has 1 saturated heterocycles. The maximum absolute atomic E-state index is 14.2. The number of likely N-dealkylation sites (tertiary alicyclic amines) is 1. The number of para-hydroxylation sites is 1. The van der Waals surface area contributed by atoms with Gasteiger partial charge in [0.2, 0.25) is 5.91 Å². The summed E-state index contributed by atoms with van der Waals surface area (Å²) in [7, 11) is 0.